The Bertz CT molecular complexity index is 710. The van der Waals surface area contributed by atoms with E-state index in [4.69, 9.17) is 0 Å². The molecule has 0 aromatic carbocycles. The molecule has 2 unspecified atom stereocenters. The Hall–Kier alpha value is -0.830. The summed E-state index contributed by atoms with van der Waals surface area (Å²) in [5.41, 5.74) is 2.70. The van der Waals surface area contributed by atoms with Crippen LogP contribution in [0.25, 0.3) is 0 Å². The SMILES string of the molecule is C[C@H]1CC2C[C@H](CC(=O)O)CC[C@]2(C)[C@H]2CC[C@]3(C)C(C4CCCNC4)=CC[C@H]3[C@H]12. The smallest absolute Gasteiger partial charge is 0.303 e. The first kappa shape index (κ1) is 21.0. The van der Waals surface area contributed by atoms with Gasteiger partial charge in [0.1, 0.15) is 0 Å². The van der Waals surface area contributed by atoms with Gasteiger partial charge in [-0.2, -0.15) is 0 Å². The number of carboxylic acid groups (broad SMARTS) is 1. The van der Waals surface area contributed by atoms with Gasteiger partial charge in [-0.3, -0.25) is 4.79 Å². The number of aliphatic carboxylic acids is 1. The van der Waals surface area contributed by atoms with Gasteiger partial charge in [0.05, 0.1) is 0 Å². The maximum Gasteiger partial charge on any atom is 0.303 e. The molecule has 4 fully saturated rings. The van der Waals surface area contributed by atoms with Gasteiger partial charge in [0.2, 0.25) is 0 Å². The molecular formula is C27H43NO2. The summed E-state index contributed by atoms with van der Waals surface area (Å²) in [6.45, 7) is 10.2. The fourth-order valence-corrected chi connectivity index (χ4v) is 9.51. The number of hydrogen-bond acceptors (Lipinski definition) is 2. The lowest BCUT2D eigenvalue weighted by atomic mass is 9.42. The normalized spacial score (nSPS) is 50.8. The molecule has 4 aliphatic carbocycles. The zero-order valence-electron chi connectivity index (χ0n) is 19.5. The molecule has 9 atom stereocenters. The predicted octanol–water partition coefficient (Wildman–Crippen LogP) is 5.90. The molecule has 0 aromatic rings. The molecule has 1 aliphatic heterocycles. The third-order valence-corrected chi connectivity index (χ3v) is 11.0. The van der Waals surface area contributed by atoms with Crippen LogP contribution in [0.4, 0.5) is 0 Å². The predicted molar refractivity (Wildman–Crippen MR) is 121 cm³/mol. The number of fused-ring (bicyclic) bond motifs is 5. The second-order valence-corrected chi connectivity index (χ2v) is 12.3. The molecule has 3 nitrogen and oxygen atoms in total. The van der Waals surface area contributed by atoms with Crippen molar-refractivity contribution in [2.24, 2.45) is 52.3 Å². The number of carbonyl (C=O) groups is 1. The van der Waals surface area contributed by atoms with Crippen LogP contribution in [0.5, 0.6) is 0 Å². The Morgan fingerprint density at radius 1 is 1.17 bits per heavy atom. The van der Waals surface area contributed by atoms with Crippen molar-refractivity contribution in [2.75, 3.05) is 13.1 Å². The largest absolute Gasteiger partial charge is 0.481 e. The van der Waals surface area contributed by atoms with Crippen molar-refractivity contribution in [3.8, 4) is 0 Å². The van der Waals surface area contributed by atoms with E-state index >= 15 is 0 Å². The van der Waals surface area contributed by atoms with Crippen LogP contribution in [0.15, 0.2) is 11.6 Å². The van der Waals surface area contributed by atoms with Crippen LogP contribution in [-0.2, 0) is 4.79 Å². The first-order valence-corrected chi connectivity index (χ1v) is 13.0. The summed E-state index contributed by atoms with van der Waals surface area (Å²) >= 11 is 0. The Morgan fingerprint density at radius 2 is 2.00 bits per heavy atom. The van der Waals surface area contributed by atoms with Gasteiger partial charge >= 0.3 is 5.97 Å². The molecule has 0 amide bonds. The van der Waals surface area contributed by atoms with E-state index in [1.165, 1.54) is 58.0 Å². The van der Waals surface area contributed by atoms with Gasteiger partial charge in [0, 0.05) is 13.0 Å². The van der Waals surface area contributed by atoms with Crippen LogP contribution >= 0.6 is 0 Å². The van der Waals surface area contributed by atoms with E-state index in [9.17, 15) is 9.90 Å². The van der Waals surface area contributed by atoms with E-state index in [2.05, 4.69) is 32.2 Å². The zero-order valence-corrected chi connectivity index (χ0v) is 19.5. The molecule has 0 spiro atoms. The zero-order chi connectivity index (χ0) is 21.1. The van der Waals surface area contributed by atoms with Gasteiger partial charge in [-0.25, -0.2) is 0 Å². The molecule has 0 radical (unpaired) electrons. The summed E-state index contributed by atoms with van der Waals surface area (Å²) in [4.78, 5) is 11.3. The molecule has 1 saturated heterocycles. The minimum atomic E-state index is -0.597. The van der Waals surface area contributed by atoms with E-state index in [-0.39, 0.29) is 0 Å². The van der Waals surface area contributed by atoms with Crippen molar-refractivity contribution in [3.05, 3.63) is 11.6 Å². The molecule has 5 rings (SSSR count). The van der Waals surface area contributed by atoms with Gasteiger partial charge in [-0.15, -0.1) is 0 Å². The van der Waals surface area contributed by atoms with Crippen LogP contribution in [0.1, 0.15) is 85.0 Å². The lowest BCUT2D eigenvalue weighted by molar-refractivity contribution is -0.145. The molecule has 3 saturated carbocycles. The third kappa shape index (κ3) is 3.21. The molecule has 30 heavy (non-hydrogen) atoms. The first-order valence-electron chi connectivity index (χ1n) is 13.0. The number of piperidine rings is 1. The van der Waals surface area contributed by atoms with Gasteiger partial charge in [0.25, 0.3) is 0 Å². The number of nitrogens with one attached hydrogen (secondary N) is 1. The van der Waals surface area contributed by atoms with Gasteiger partial charge in [-0.05, 0) is 117 Å². The third-order valence-electron chi connectivity index (χ3n) is 11.0. The molecule has 3 heteroatoms. The average Bonchev–Trinajstić information content (AvgIpc) is 3.06. The van der Waals surface area contributed by atoms with E-state index in [0.717, 1.165) is 48.3 Å². The van der Waals surface area contributed by atoms with Crippen molar-refractivity contribution < 1.29 is 9.90 Å². The van der Waals surface area contributed by atoms with E-state index in [1.54, 1.807) is 0 Å². The molecule has 0 aromatic heterocycles. The van der Waals surface area contributed by atoms with Crippen LogP contribution in [0.2, 0.25) is 0 Å². The summed E-state index contributed by atoms with van der Waals surface area (Å²) in [5.74, 6) is 4.69. The Labute approximate surface area is 183 Å². The molecule has 2 N–H and O–H groups in total. The highest BCUT2D eigenvalue weighted by Crippen LogP contribution is 2.68. The molecule has 0 bridgehead atoms. The van der Waals surface area contributed by atoms with Gasteiger partial charge in [-0.1, -0.05) is 32.4 Å². The summed E-state index contributed by atoms with van der Waals surface area (Å²) < 4.78 is 0. The van der Waals surface area contributed by atoms with Gasteiger partial charge in [0.15, 0.2) is 0 Å². The number of hydrogen-bond donors (Lipinski definition) is 2. The summed E-state index contributed by atoms with van der Waals surface area (Å²) in [5, 5.41) is 13.0. The van der Waals surface area contributed by atoms with Crippen molar-refractivity contribution in [1.82, 2.24) is 5.32 Å². The monoisotopic (exact) mass is 413 g/mol. The quantitative estimate of drug-likeness (QED) is 0.566. The minimum absolute atomic E-state index is 0.387. The Morgan fingerprint density at radius 3 is 2.73 bits per heavy atom. The second-order valence-electron chi connectivity index (χ2n) is 12.3. The number of allylic oxidation sites excluding steroid dienone is 1. The molecule has 168 valence electrons. The Kier molecular flexibility index (Phi) is 5.36. The van der Waals surface area contributed by atoms with Crippen molar-refractivity contribution in [2.45, 2.75) is 85.0 Å². The lowest BCUT2D eigenvalue weighted by Crippen LogP contribution is -2.56. The number of carboxylic acids is 1. The highest BCUT2D eigenvalue weighted by molar-refractivity contribution is 5.67. The van der Waals surface area contributed by atoms with Crippen LogP contribution in [0.3, 0.4) is 0 Å². The van der Waals surface area contributed by atoms with Crippen molar-refractivity contribution >= 4 is 5.97 Å². The molecule has 5 aliphatic rings. The standard InChI is InChI=1S/C27H43NO2/c1-17-13-20-14-18(15-24(29)30)8-10-26(20,2)23-9-11-27(3)21(6-7-22(27)25(17)23)19-5-4-12-28-16-19/h6,17-20,22-23,25,28H,4-5,7-16H2,1-3H3,(H,29,30)/t17-,18+,19?,20?,22-,23-,25-,26-,27+/m0/s1. The fourth-order valence-electron chi connectivity index (χ4n) is 9.51. The lowest BCUT2D eigenvalue weighted by Gasteiger charge is -2.63. The van der Waals surface area contributed by atoms with Crippen LogP contribution < -0.4 is 5.32 Å². The maximum absolute atomic E-state index is 11.3. The van der Waals surface area contributed by atoms with Crippen molar-refractivity contribution in [1.29, 1.82) is 0 Å². The topological polar surface area (TPSA) is 49.3 Å². The number of rotatable bonds is 3. The summed E-state index contributed by atoms with van der Waals surface area (Å²) in [6.07, 6.45) is 14.8. The Balaban J connectivity index is 1.37. The fraction of sp³-hybridized carbons (Fsp3) is 0.889. The van der Waals surface area contributed by atoms with E-state index < -0.39 is 5.97 Å². The van der Waals surface area contributed by atoms with Crippen LogP contribution in [0, 0.1) is 52.3 Å². The second kappa shape index (κ2) is 7.64. The van der Waals surface area contributed by atoms with E-state index in [0.29, 0.717) is 23.2 Å². The summed E-state index contributed by atoms with van der Waals surface area (Å²) in [7, 11) is 0. The molecular weight excluding hydrogens is 370 g/mol. The van der Waals surface area contributed by atoms with E-state index in [1.807, 2.05) is 5.57 Å². The van der Waals surface area contributed by atoms with Crippen molar-refractivity contribution in [3.63, 3.8) is 0 Å². The van der Waals surface area contributed by atoms with Gasteiger partial charge < -0.3 is 10.4 Å². The minimum Gasteiger partial charge on any atom is -0.481 e. The highest BCUT2D eigenvalue weighted by Gasteiger charge is 2.60. The first-order chi connectivity index (χ1) is 14.3. The molecule has 1 heterocycles. The average molecular weight is 414 g/mol. The van der Waals surface area contributed by atoms with Crippen LogP contribution in [-0.4, -0.2) is 24.2 Å². The summed E-state index contributed by atoms with van der Waals surface area (Å²) in [6, 6.07) is 0. The highest BCUT2D eigenvalue weighted by atomic mass is 16.4. The maximum atomic E-state index is 11.3.